The second-order valence-electron chi connectivity index (χ2n) is 3.01. The quantitative estimate of drug-likeness (QED) is 0.647. The maximum Gasteiger partial charge on any atom is 0.0827 e. The minimum Gasteiger partial charge on any atom is -0.386 e. The van der Waals surface area contributed by atoms with Gasteiger partial charge in [-0.05, 0) is 19.8 Å². The topological polar surface area (TPSA) is 20.2 Å². The molecule has 0 rings (SSSR count). The van der Waals surface area contributed by atoms with Gasteiger partial charge in [0, 0.05) is 0 Å². The number of aliphatic hydroxyl groups is 1. The second kappa shape index (κ2) is 5.36. The maximum atomic E-state index is 9.88. The fraction of sp³-hybridized carbons (Fsp3) is 0.700. The third-order valence-electron chi connectivity index (χ3n) is 1.79. The predicted octanol–water partition coefficient (Wildman–Crippen LogP) is 2.71. The van der Waals surface area contributed by atoms with Crippen molar-refractivity contribution in [2.45, 2.75) is 45.1 Å². The fourth-order valence-electron chi connectivity index (χ4n) is 1.38. The van der Waals surface area contributed by atoms with Gasteiger partial charge in [0.05, 0.1) is 5.60 Å². The van der Waals surface area contributed by atoms with Crippen LogP contribution >= 0.6 is 0 Å². The monoisotopic (exact) mass is 155 g/mol. The van der Waals surface area contributed by atoms with Crippen LogP contribution in [0.25, 0.3) is 0 Å². The first-order valence-corrected chi connectivity index (χ1v) is 4.38. The van der Waals surface area contributed by atoms with Gasteiger partial charge in [0.25, 0.3) is 0 Å². The lowest BCUT2D eigenvalue weighted by Gasteiger charge is -2.23. The van der Waals surface area contributed by atoms with Crippen LogP contribution in [-0.2, 0) is 0 Å². The molecule has 1 N–H and O–H groups in total. The summed E-state index contributed by atoms with van der Waals surface area (Å²) >= 11 is 0. The van der Waals surface area contributed by atoms with E-state index in [2.05, 4.69) is 20.8 Å². The van der Waals surface area contributed by atoms with E-state index in [0.29, 0.717) is 0 Å². The molecule has 0 aromatic heterocycles. The highest BCUT2D eigenvalue weighted by Gasteiger charge is 2.19. The summed E-state index contributed by atoms with van der Waals surface area (Å²) in [7, 11) is 0. The third kappa shape index (κ3) is 4.20. The van der Waals surface area contributed by atoms with Crippen molar-refractivity contribution in [2.75, 3.05) is 0 Å². The van der Waals surface area contributed by atoms with E-state index in [0.717, 1.165) is 25.7 Å². The Bertz CT molecular complexity index is 110. The van der Waals surface area contributed by atoms with Crippen LogP contribution < -0.4 is 0 Å². The first kappa shape index (κ1) is 10.7. The Morgan fingerprint density at radius 3 is 2.00 bits per heavy atom. The molecule has 0 unspecified atom stereocenters. The molecule has 1 heteroatoms. The Morgan fingerprint density at radius 1 is 1.27 bits per heavy atom. The molecule has 0 amide bonds. The molecule has 0 heterocycles. The zero-order valence-electron chi connectivity index (χ0n) is 7.64. The average molecular weight is 155 g/mol. The fourth-order valence-corrected chi connectivity index (χ4v) is 1.38. The van der Waals surface area contributed by atoms with Gasteiger partial charge in [-0.1, -0.05) is 38.8 Å². The third-order valence-corrected chi connectivity index (χ3v) is 1.79. The molecule has 1 radical (unpaired) electrons. The van der Waals surface area contributed by atoms with Gasteiger partial charge in [0.15, 0.2) is 0 Å². The van der Waals surface area contributed by atoms with E-state index in [1.165, 1.54) is 0 Å². The minimum absolute atomic E-state index is 0.592. The second-order valence-corrected chi connectivity index (χ2v) is 3.01. The summed E-state index contributed by atoms with van der Waals surface area (Å²) in [4.78, 5) is 0. The summed E-state index contributed by atoms with van der Waals surface area (Å²) in [6.07, 6.45) is 7.20. The molecule has 0 aromatic carbocycles. The van der Waals surface area contributed by atoms with E-state index in [9.17, 15) is 5.11 Å². The molecule has 0 fully saturated rings. The predicted molar refractivity (Wildman–Crippen MR) is 49.3 cm³/mol. The summed E-state index contributed by atoms with van der Waals surface area (Å²) in [5.41, 5.74) is -0.592. The summed E-state index contributed by atoms with van der Waals surface area (Å²) in [5, 5.41) is 9.88. The lowest BCUT2D eigenvalue weighted by Crippen LogP contribution is -2.24. The largest absolute Gasteiger partial charge is 0.386 e. The highest BCUT2D eigenvalue weighted by molar-refractivity contribution is 5.01. The van der Waals surface area contributed by atoms with Crippen LogP contribution in [0.1, 0.15) is 39.5 Å². The highest BCUT2D eigenvalue weighted by atomic mass is 16.3. The summed E-state index contributed by atoms with van der Waals surface area (Å²) in [5.74, 6) is 0. The van der Waals surface area contributed by atoms with Crippen LogP contribution in [0, 0.1) is 6.92 Å². The molecule has 11 heavy (non-hydrogen) atoms. The van der Waals surface area contributed by atoms with E-state index in [4.69, 9.17) is 0 Å². The maximum absolute atomic E-state index is 9.88. The molecule has 1 nitrogen and oxygen atoms in total. The summed E-state index contributed by atoms with van der Waals surface area (Å²) in [6, 6.07) is 0. The first-order chi connectivity index (χ1) is 5.18. The summed E-state index contributed by atoms with van der Waals surface area (Å²) in [6.45, 7) is 7.76. The Kier molecular flexibility index (Phi) is 5.22. The van der Waals surface area contributed by atoms with Gasteiger partial charge in [-0.2, -0.15) is 0 Å². The highest BCUT2D eigenvalue weighted by Crippen LogP contribution is 2.20. The zero-order chi connectivity index (χ0) is 8.74. The molecular formula is C10H19O. The van der Waals surface area contributed by atoms with Crippen molar-refractivity contribution in [1.82, 2.24) is 0 Å². The lowest BCUT2D eigenvalue weighted by atomic mass is 9.92. The van der Waals surface area contributed by atoms with Crippen molar-refractivity contribution >= 4 is 0 Å². The Balaban J connectivity index is 4.01. The molecular weight excluding hydrogens is 136 g/mol. The Hall–Kier alpha value is -0.300. The van der Waals surface area contributed by atoms with Crippen LogP contribution in [0.5, 0.6) is 0 Å². The average Bonchev–Trinajstić information content (AvgIpc) is 1.88. The molecule has 0 aliphatic rings. The van der Waals surface area contributed by atoms with Gasteiger partial charge in [-0.25, -0.2) is 0 Å². The van der Waals surface area contributed by atoms with E-state index >= 15 is 0 Å². The van der Waals surface area contributed by atoms with Gasteiger partial charge in [-0.3, -0.25) is 0 Å². The van der Waals surface area contributed by atoms with E-state index in [1.54, 1.807) is 12.2 Å². The summed E-state index contributed by atoms with van der Waals surface area (Å²) < 4.78 is 0. The smallest absolute Gasteiger partial charge is 0.0827 e. The van der Waals surface area contributed by atoms with Crippen molar-refractivity contribution < 1.29 is 5.11 Å². The molecule has 0 aliphatic carbocycles. The van der Waals surface area contributed by atoms with Crippen LogP contribution in [0.2, 0.25) is 0 Å². The number of allylic oxidation sites excluding steroid dienone is 1. The molecule has 0 bridgehead atoms. The van der Waals surface area contributed by atoms with Crippen LogP contribution in [0.4, 0.5) is 0 Å². The molecule has 0 saturated heterocycles. The van der Waals surface area contributed by atoms with Crippen molar-refractivity contribution in [1.29, 1.82) is 0 Å². The van der Waals surface area contributed by atoms with Gasteiger partial charge in [0.1, 0.15) is 0 Å². The van der Waals surface area contributed by atoms with Crippen molar-refractivity contribution in [3.8, 4) is 0 Å². The van der Waals surface area contributed by atoms with Crippen molar-refractivity contribution in [3.05, 3.63) is 19.1 Å². The van der Waals surface area contributed by atoms with E-state index < -0.39 is 5.60 Å². The van der Waals surface area contributed by atoms with Gasteiger partial charge >= 0.3 is 0 Å². The van der Waals surface area contributed by atoms with Gasteiger partial charge in [-0.15, -0.1) is 0 Å². The number of hydrogen-bond donors (Lipinski definition) is 1. The van der Waals surface area contributed by atoms with Gasteiger partial charge in [0.2, 0.25) is 0 Å². The van der Waals surface area contributed by atoms with Gasteiger partial charge < -0.3 is 5.11 Å². The minimum atomic E-state index is -0.592. The van der Waals surface area contributed by atoms with Crippen molar-refractivity contribution in [3.63, 3.8) is 0 Å². The first-order valence-electron chi connectivity index (χ1n) is 4.38. The van der Waals surface area contributed by atoms with E-state index in [-0.39, 0.29) is 0 Å². The normalized spacial score (nSPS) is 12.7. The van der Waals surface area contributed by atoms with Crippen molar-refractivity contribution in [2.24, 2.45) is 0 Å². The number of rotatable bonds is 5. The SMILES string of the molecule is [CH2]C=CC(O)(CCC)CCC. The van der Waals surface area contributed by atoms with Crippen LogP contribution in [0.3, 0.4) is 0 Å². The zero-order valence-corrected chi connectivity index (χ0v) is 7.64. The molecule has 0 aliphatic heterocycles. The van der Waals surface area contributed by atoms with Crippen LogP contribution in [-0.4, -0.2) is 10.7 Å². The molecule has 65 valence electrons. The molecule has 0 saturated carbocycles. The molecule has 0 aromatic rings. The standard InChI is InChI=1S/C10H19O/c1-4-7-10(11,8-5-2)9-6-3/h4,7,11H,1,5-6,8-9H2,2-3H3. The molecule has 0 atom stereocenters. The Labute approximate surface area is 70.1 Å². The van der Waals surface area contributed by atoms with Crippen LogP contribution in [0.15, 0.2) is 12.2 Å². The lowest BCUT2D eigenvalue weighted by molar-refractivity contribution is 0.0706. The van der Waals surface area contributed by atoms with E-state index in [1.807, 2.05) is 0 Å². The molecule has 0 spiro atoms. The Morgan fingerprint density at radius 2 is 1.73 bits per heavy atom. The number of hydrogen-bond acceptors (Lipinski definition) is 1.